The molecule has 0 saturated carbocycles. The molecule has 1 aromatic carbocycles. The van der Waals surface area contributed by atoms with Crippen molar-refractivity contribution in [2.45, 2.75) is 37.3 Å². The number of benzene rings is 1. The first-order valence-electron chi connectivity index (χ1n) is 7.40. The minimum atomic E-state index is -0.115. The van der Waals surface area contributed by atoms with Crippen molar-refractivity contribution in [2.24, 2.45) is 0 Å². The molecule has 1 aliphatic rings. The second-order valence-electron chi connectivity index (χ2n) is 5.26. The topological polar surface area (TPSA) is 64.2 Å². The highest BCUT2D eigenvalue weighted by molar-refractivity contribution is 7.98. The van der Waals surface area contributed by atoms with E-state index in [1.807, 2.05) is 12.1 Å². The van der Waals surface area contributed by atoms with E-state index in [1.165, 1.54) is 11.8 Å². The quantitative estimate of drug-likeness (QED) is 0.658. The summed E-state index contributed by atoms with van der Waals surface area (Å²) in [5.41, 5.74) is 2.69. The number of hydrogen-bond acceptors (Lipinski definition) is 5. The third-order valence-electron chi connectivity index (χ3n) is 3.38. The molecule has 0 saturated heterocycles. The van der Waals surface area contributed by atoms with Gasteiger partial charge >= 0.3 is 0 Å². The number of halogens is 1. The lowest BCUT2D eigenvalue weighted by Gasteiger charge is -2.19. The lowest BCUT2D eigenvalue weighted by atomic mass is 10.1. The fourth-order valence-corrected chi connectivity index (χ4v) is 3.55. The lowest BCUT2D eigenvalue weighted by Crippen LogP contribution is -2.12. The number of aromatic amines is 1. The van der Waals surface area contributed by atoms with Gasteiger partial charge in [-0.05, 0) is 24.1 Å². The smallest absolute Gasteiger partial charge is 0.251 e. The Hall–Kier alpha value is -1.50. The van der Waals surface area contributed by atoms with Gasteiger partial charge in [0, 0.05) is 23.1 Å². The summed E-state index contributed by atoms with van der Waals surface area (Å²) in [5.74, 6) is 1.36. The molecule has 122 valence electrons. The first-order chi connectivity index (χ1) is 11.2. The number of aromatic nitrogens is 2. The standard InChI is InChI=1S/C16H17ClN2O3S/c1-2-3-12-6-14(20)19-16(18-12)23-8-10-4-11-7-21-9-22-15(11)13(17)5-10/h4-6H,2-3,7-9H2,1H3,(H,18,19,20). The molecule has 2 heterocycles. The molecule has 7 heteroatoms. The zero-order valence-electron chi connectivity index (χ0n) is 12.7. The highest BCUT2D eigenvalue weighted by Crippen LogP contribution is 2.34. The predicted molar refractivity (Wildman–Crippen MR) is 90.1 cm³/mol. The second-order valence-corrected chi connectivity index (χ2v) is 6.63. The van der Waals surface area contributed by atoms with Crippen molar-refractivity contribution in [1.29, 1.82) is 0 Å². The Morgan fingerprint density at radius 1 is 1.39 bits per heavy atom. The number of nitrogens with zero attached hydrogens (tertiary/aromatic N) is 1. The number of hydrogen-bond donors (Lipinski definition) is 1. The Labute approximate surface area is 143 Å². The first-order valence-corrected chi connectivity index (χ1v) is 8.77. The minimum Gasteiger partial charge on any atom is -0.466 e. The van der Waals surface area contributed by atoms with Crippen LogP contribution < -0.4 is 10.3 Å². The van der Waals surface area contributed by atoms with Crippen molar-refractivity contribution in [3.8, 4) is 5.75 Å². The number of ether oxygens (including phenoxy) is 2. The van der Waals surface area contributed by atoms with Crippen molar-refractivity contribution in [3.05, 3.63) is 50.4 Å². The van der Waals surface area contributed by atoms with Gasteiger partial charge in [0.15, 0.2) is 11.9 Å². The van der Waals surface area contributed by atoms with Crippen molar-refractivity contribution in [1.82, 2.24) is 9.97 Å². The molecule has 0 bridgehead atoms. The summed E-state index contributed by atoms with van der Waals surface area (Å²) in [4.78, 5) is 18.9. The molecule has 1 aliphatic heterocycles. The highest BCUT2D eigenvalue weighted by atomic mass is 35.5. The van der Waals surface area contributed by atoms with Gasteiger partial charge in [0.2, 0.25) is 0 Å². The third-order valence-corrected chi connectivity index (χ3v) is 4.60. The maximum atomic E-state index is 11.7. The van der Waals surface area contributed by atoms with E-state index in [2.05, 4.69) is 16.9 Å². The Balaban J connectivity index is 1.76. The molecular formula is C16H17ClN2O3S. The molecule has 0 unspecified atom stereocenters. The molecule has 1 aromatic heterocycles. The van der Waals surface area contributed by atoms with Crippen LogP contribution >= 0.6 is 23.4 Å². The summed E-state index contributed by atoms with van der Waals surface area (Å²) >= 11 is 7.74. The minimum absolute atomic E-state index is 0.115. The Bertz CT molecular complexity index is 763. The van der Waals surface area contributed by atoms with Crippen LogP contribution in [0, 0.1) is 0 Å². The van der Waals surface area contributed by atoms with Gasteiger partial charge in [0.25, 0.3) is 5.56 Å². The largest absolute Gasteiger partial charge is 0.466 e. The molecule has 0 atom stereocenters. The number of fused-ring (bicyclic) bond motifs is 1. The molecule has 0 amide bonds. The van der Waals surface area contributed by atoms with E-state index in [-0.39, 0.29) is 12.4 Å². The van der Waals surface area contributed by atoms with Crippen LogP contribution in [0.25, 0.3) is 0 Å². The summed E-state index contributed by atoms with van der Waals surface area (Å²) in [6, 6.07) is 5.45. The van der Waals surface area contributed by atoms with E-state index in [0.717, 1.165) is 29.7 Å². The van der Waals surface area contributed by atoms with E-state index in [1.54, 1.807) is 6.07 Å². The van der Waals surface area contributed by atoms with Crippen LogP contribution in [0.1, 0.15) is 30.2 Å². The van der Waals surface area contributed by atoms with Crippen LogP contribution in [0.2, 0.25) is 5.02 Å². The first kappa shape index (κ1) is 16.4. The van der Waals surface area contributed by atoms with Crippen molar-refractivity contribution in [2.75, 3.05) is 6.79 Å². The number of aryl methyl sites for hydroxylation is 1. The molecule has 0 fully saturated rings. The molecule has 1 N–H and O–H groups in total. The zero-order chi connectivity index (χ0) is 16.2. The fraction of sp³-hybridized carbons (Fsp3) is 0.375. The van der Waals surface area contributed by atoms with Crippen molar-refractivity contribution < 1.29 is 9.47 Å². The van der Waals surface area contributed by atoms with Gasteiger partial charge in [-0.1, -0.05) is 36.7 Å². The van der Waals surface area contributed by atoms with Crippen LogP contribution in [0.15, 0.2) is 28.2 Å². The maximum absolute atomic E-state index is 11.7. The lowest BCUT2D eigenvalue weighted by molar-refractivity contribution is -0.0163. The summed E-state index contributed by atoms with van der Waals surface area (Å²) < 4.78 is 10.7. The molecule has 2 aromatic rings. The molecule has 0 aliphatic carbocycles. The third kappa shape index (κ3) is 4.07. The zero-order valence-corrected chi connectivity index (χ0v) is 14.3. The number of thioether (sulfide) groups is 1. The van der Waals surface area contributed by atoms with E-state index in [9.17, 15) is 4.79 Å². The van der Waals surface area contributed by atoms with Gasteiger partial charge in [0.1, 0.15) is 5.75 Å². The second kappa shape index (κ2) is 7.38. The molecule has 23 heavy (non-hydrogen) atoms. The average molecular weight is 353 g/mol. The number of H-pyrrole nitrogens is 1. The van der Waals surface area contributed by atoms with E-state index in [0.29, 0.717) is 28.3 Å². The maximum Gasteiger partial charge on any atom is 0.251 e. The summed E-state index contributed by atoms with van der Waals surface area (Å²) in [7, 11) is 0. The fourth-order valence-electron chi connectivity index (χ4n) is 2.40. The predicted octanol–water partition coefficient (Wildman–Crippen LogP) is 3.53. The monoisotopic (exact) mass is 352 g/mol. The highest BCUT2D eigenvalue weighted by Gasteiger charge is 2.15. The normalized spacial score (nSPS) is 13.5. The molecule has 0 spiro atoms. The van der Waals surface area contributed by atoms with Crippen LogP contribution in [0.4, 0.5) is 0 Å². The van der Waals surface area contributed by atoms with Gasteiger partial charge in [-0.3, -0.25) is 4.79 Å². The van der Waals surface area contributed by atoms with E-state index < -0.39 is 0 Å². The number of rotatable bonds is 5. The van der Waals surface area contributed by atoms with E-state index in [4.69, 9.17) is 21.1 Å². The molecule has 3 rings (SSSR count). The van der Waals surface area contributed by atoms with Crippen molar-refractivity contribution in [3.63, 3.8) is 0 Å². The van der Waals surface area contributed by atoms with E-state index >= 15 is 0 Å². The molecule has 5 nitrogen and oxygen atoms in total. The Kier molecular flexibility index (Phi) is 5.25. The average Bonchev–Trinajstić information content (AvgIpc) is 2.53. The SMILES string of the molecule is CCCc1cc(=O)[nH]c(SCc2cc(Cl)c3c(c2)COCO3)n1. The summed E-state index contributed by atoms with van der Waals surface area (Å²) in [6.45, 7) is 2.79. The summed E-state index contributed by atoms with van der Waals surface area (Å²) in [6.07, 6.45) is 1.76. The van der Waals surface area contributed by atoms with Crippen LogP contribution in [-0.2, 0) is 23.5 Å². The van der Waals surface area contributed by atoms with Gasteiger partial charge < -0.3 is 14.5 Å². The van der Waals surface area contributed by atoms with Gasteiger partial charge in [0.05, 0.1) is 11.6 Å². The van der Waals surface area contributed by atoms with Crippen molar-refractivity contribution >= 4 is 23.4 Å². The Morgan fingerprint density at radius 2 is 2.26 bits per heavy atom. The molecular weight excluding hydrogens is 336 g/mol. The van der Waals surface area contributed by atoms with Gasteiger partial charge in [-0.15, -0.1) is 0 Å². The van der Waals surface area contributed by atoms with Crippen LogP contribution in [0.3, 0.4) is 0 Å². The summed E-state index contributed by atoms with van der Waals surface area (Å²) in [5, 5.41) is 1.21. The van der Waals surface area contributed by atoms with Gasteiger partial charge in [-0.25, -0.2) is 4.98 Å². The van der Waals surface area contributed by atoms with Gasteiger partial charge in [-0.2, -0.15) is 0 Å². The van der Waals surface area contributed by atoms with Crippen LogP contribution in [0.5, 0.6) is 5.75 Å². The number of nitrogens with one attached hydrogen (secondary N) is 1. The van der Waals surface area contributed by atoms with Crippen LogP contribution in [-0.4, -0.2) is 16.8 Å². The molecule has 0 radical (unpaired) electrons. The Morgan fingerprint density at radius 3 is 3.09 bits per heavy atom.